The van der Waals surface area contributed by atoms with Gasteiger partial charge >= 0.3 is 0 Å². The Kier molecular flexibility index (Phi) is 3.66. The molecule has 0 saturated carbocycles. The molecule has 0 amide bonds. The predicted molar refractivity (Wildman–Crippen MR) is 56.4 cm³/mol. The molecular weight excluding hydrogens is 197 g/mol. The molecule has 2 N–H and O–H groups in total. The van der Waals surface area contributed by atoms with E-state index in [4.69, 9.17) is 15.2 Å². The minimum absolute atomic E-state index is 0.217. The maximum Gasteiger partial charge on any atom is 0.165 e. The number of nitrogens with two attached hydrogens (primary N) is 1. The summed E-state index contributed by atoms with van der Waals surface area (Å²) in [6.07, 6.45) is 0. The zero-order valence-corrected chi connectivity index (χ0v) is 9.21. The SMILES string of the molecule is COc1ccc(C(C)(CN)OC)cc1F. The molecule has 0 saturated heterocycles. The van der Waals surface area contributed by atoms with E-state index in [-0.39, 0.29) is 12.3 Å². The minimum Gasteiger partial charge on any atom is -0.494 e. The van der Waals surface area contributed by atoms with E-state index in [1.165, 1.54) is 13.2 Å². The Bertz CT molecular complexity index is 337. The fraction of sp³-hybridized carbons (Fsp3) is 0.455. The monoisotopic (exact) mass is 213 g/mol. The number of methoxy groups -OCH3 is 2. The molecule has 3 nitrogen and oxygen atoms in total. The Morgan fingerprint density at radius 1 is 1.40 bits per heavy atom. The first-order valence-electron chi connectivity index (χ1n) is 4.66. The van der Waals surface area contributed by atoms with Gasteiger partial charge in [0.15, 0.2) is 11.6 Å². The molecule has 0 spiro atoms. The van der Waals surface area contributed by atoms with E-state index in [1.807, 2.05) is 6.92 Å². The van der Waals surface area contributed by atoms with E-state index < -0.39 is 11.4 Å². The number of hydrogen-bond acceptors (Lipinski definition) is 3. The molecule has 84 valence electrons. The summed E-state index contributed by atoms with van der Waals surface area (Å²) in [6.45, 7) is 2.10. The second kappa shape index (κ2) is 4.59. The molecular formula is C11H16FNO2. The third-order valence-corrected chi connectivity index (χ3v) is 2.60. The van der Waals surface area contributed by atoms with Crippen LogP contribution in [-0.2, 0) is 10.3 Å². The highest BCUT2D eigenvalue weighted by Gasteiger charge is 2.25. The zero-order chi connectivity index (χ0) is 11.5. The Labute approximate surface area is 89.0 Å². The molecule has 1 atom stereocenters. The van der Waals surface area contributed by atoms with Crippen LogP contribution in [0.4, 0.5) is 4.39 Å². The maximum atomic E-state index is 13.4. The molecule has 1 aromatic rings. The van der Waals surface area contributed by atoms with Gasteiger partial charge in [-0.3, -0.25) is 0 Å². The van der Waals surface area contributed by atoms with Crippen LogP contribution in [0.15, 0.2) is 18.2 Å². The largest absolute Gasteiger partial charge is 0.494 e. The summed E-state index contributed by atoms with van der Waals surface area (Å²) >= 11 is 0. The standard InChI is InChI=1S/C11H16FNO2/c1-11(7-13,15-3)8-4-5-10(14-2)9(12)6-8/h4-6H,7,13H2,1-3H3. The smallest absolute Gasteiger partial charge is 0.165 e. The van der Waals surface area contributed by atoms with E-state index >= 15 is 0 Å². The molecule has 4 heteroatoms. The van der Waals surface area contributed by atoms with Crippen molar-refractivity contribution in [2.45, 2.75) is 12.5 Å². The lowest BCUT2D eigenvalue weighted by molar-refractivity contribution is 0.00979. The highest BCUT2D eigenvalue weighted by atomic mass is 19.1. The topological polar surface area (TPSA) is 44.5 Å². The zero-order valence-electron chi connectivity index (χ0n) is 9.21. The molecule has 15 heavy (non-hydrogen) atoms. The average Bonchev–Trinajstić information content (AvgIpc) is 2.28. The quantitative estimate of drug-likeness (QED) is 0.827. The normalized spacial score (nSPS) is 14.7. The maximum absolute atomic E-state index is 13.4. The van der Waals surface area contributed by atoms with E-state index in [2.05, 4.69) is 0 Å². The number of rotatable bonds is 4. The summed E-state index contributed by atoms with van der Waals surface area (Å²) < 4.78 is 23.5. The highest BCUT2D eigenvalue weighted by Crippen LogP contribution is 2.27. The van der Waals surface area contributed by atoms with Gasteiger partial charge in [0.1, 0.15) is 5.60 Å². The van der Waals surface area contributed by atoms with Crippen LogP contribution < -0.4 is 10.5 Å². The number of benzene rings is 1. The van der Waals surface area contributed by atoms with Crippen LogP contribution in [0.25, 0.3) is 0 Å². The second-order valence-corrected chi connectivity index (χ2v) is 3.49. The molecule has 0 aliphatic rings. The molecule has 0 bridgehead atoms. The molecule has 0 heterocycles. The van der Waals surface area contributed by atoms with Crippen molar-refractivity contribution in [1.29, 1.82) is 0 Å². The van der Waals surface area contributed by atoms with Gasteiger partial charge in [0.2, 0.25) is 0 Å². The van der Waals surface area contributed by atoms with Crippen molar-refractivity contribution in [1.82, 2.24) is 0 Å². The lowest BCUT2D eigenvalue weighted by Crippen LogP contribution is -2.33. The van der Waals surface area contributed by atoms with Gasteiger partial charge in [0.25, 0.3) is 0 Å². The van der Waals surface area contributed by atoms with Crippen molar-refractivity contribution in [3.8, 4) is 5.75 Å². The summed E-state index contributed by atoms with van der Waals surface area (Å²) in [5.74, 6) is -0.194. The van der Waals surface area contributed by atoms with Crippen LogP contribution in [0.5, 0.6) is 5.75 Å². The van der Waals surface area contributed by atoms with Gasteiger partial charge in [-0.2, -0.15) is 0 Å². The van der Waals surface area contributed by atoms with E-state index in [9.17, 15) is 4.39 Å². The molecule has 0 aromatic heterocycles. The lowest BCUT2D eigenvalue weighted by atomic mass is 9.95. The lowest BCUT2D eigenvalue weighted by Gasteiger charge is -2.27. The van der Waals surface area contributed by atoms with Gasteiger partial charge in [-0.25, -0.2) is 4.39 Å². The number of halogens is 1. The average molecular weight is 213 g/mol. The van der Waals surface area contributed by atoms with Crippen molar-refractivity contribution in [2.75, 3.05) is 20.8 Å². The third kappa shape index (κ3) is 2.27. The van der Waals surface area contributed by atoms with Gasteiger partial charge < -0.3 is 15.2 Å². The van der Waals surface area contributed by atoms with Crippen molar-refractivity contribution in [3.05, 3.63) is 29.6 Å². The Hall–Kier alpha value is -1.13. The predicted octanol–water partition coefficient (Wildman–Crippen LogP) is 1.65. The van der Waals surface area contributed by atoms with Gasteiger partial charge in [0.05, 0.1) is 7.11 Å². The summed E-state index contributed by atoms with van der Waals surface area (Å²) in [5, 5.41) is 0. The van der Waals surface area contributed by atoms with Gasteiger partial charge in [-0.1, -0.05) is 6.07 Å². The van der Waals surface area contributed by atoms with Crippen molar-refractivity contribution < 1.29 is 13.9 Å². The second-order valence-electron chi connectivity index (χ2n) is 3.49. The Morgan fingerprint density at radius 3 is 2.47 bits per heavy atom. The molecule has 0 aliphatic heterocycles. The van der Waals surface area contributed by atoms with E-state index in [0.717, 1.165) is 0 Å². The van der Waals surface area contributed by atoms with Crippen molar-refractivity contribution in [3.63, 3.8) is 0 Å². The van der Waals surface area contributed by atoms with Crippen LogP contribution in [-0.4, -0.2) is 20.8 Å². The number of ether oxygens (including phenoxy) is 2. The van der Waals surface area contributed by atoms with Gasteiger partial charge in [0, 0.05) is 13.7 Å². The molecule has 0 fully saturated rings. The van der Waals surface area contributed by atoms with Crippen LogP contribution in [0.2, 0.25) is 0 Å². The van der Waals surface area contributed by atoms with Gasteiger partial charge in [-0.05, 0) is 24.6 Å². The molecule has 1 rings (SSSR count). The summed E-state index contributed by atoms with van der Waals surface area (Å²) in [7, 11) is 2.98. The molecule has 0 aliphatic carbocycles. The van der Waals surface area contributed by atoms with Crippen LogP contribution in [0.1, 0.15) is 12.5 Å². The van der Waals surface area contributed by atoms with Crippen LogP contribution in [0.3, 0.4) is 0 Å². The van der Waals surface area contributed by atoms with E-state index in [1.54, 1.807) is 19.2 Å². The first kappa shape index (κ1) is 11.9. The van der Waals surface area contributed by atoms with Crippen molar-refractivity contribution in [2.24, 2.45) is 5.73 Å². The molecule has 1 unspecified atom stereocenters. The molecule has 1 aromatic carbocycles. The Balaban J connectivity index is 3.11. The minimum atomic E-state index is -0.660. The van der Waals surface area contributed by atoms with Crippen LogP contribution >= 0.6 is 0 Å². The fourth-order valence-corrected chi connectivity index (χ4v) is 1.31. The summed E-state index contributed by atoms with van der Waals surface area (Å²) in [4.78, 5) is 0. The molecule has 0 radical (unpaired) electrons. The fourth-order valence-electron chi connectivity index (χ4n) is 1.31. The summed E-state index contributed by atoms with van der Waals surface area (Å²) in [5.41, 5.74) is 5.63. The number of hydrogen-bond donors (Lipinski definition) is 1. The summed E-state index contributed by atoms with van der Waals surface area (Å²) in [6, 6.07) is 4.70. The van der Waals surface area contributed by atoms with Crippen molar-refractivity contribution >= 4 is 0 Å². The van der Waals surface area contributed by atoms with E-state index in [0.29, 0.717) is 5.56 Å². The first-order chi connectivity index (χ1) is 7.07. The third-order valence-electron chi connectivity index (χ3n) is 2.60. The first-order valence-corrected chi connectivity index (χ1v) is 4.66. The van der Waals surface area contributed by atoms with Gasteiger partial charge in [-0.15, -0.1) is 0 Å². The Morgan fingerprint density at radius 2 is 2.07 bits per heavy atom. The van der Waals surface area contributed by atoms with Crippen LogP contribution in [0, 0.1) is 5.82 Å². The highest BCUT2D eigenvalue weighted by molar-refractivity contribution is 5.32.